The number of benzene rings is 1. The van der Waals surface area contributed by atoms with Crippen molar-refractivity contribution in [1.82, 2.24) is 15.0 Å². The molecule has 1 aliphatic heterocycles. The molecule has 7 nitrogen and oxygen atoms in total. The quantitative estimate of drug-likeness (QED) is 0.885. The van der Waals surface area contributed by atoms with Crippen molar-refractivity contribution in [1.29, 1.82) is 0 Å². The number of hydrogen-bond acceptors (Lipinski definition) is 5. The molecule has 0 bridgehead atoms. The monoisotopic (exact) mass is 316 g/mol. The number of hydrogen-bond donors (Lipinski definition) is 2. The van der Waals surface area contributed by atoms with Gasteiger partial charge in [0.25, 0.3) is 5.89 Å². The molecule has 1 fully saturated rings. The molecule has 0 aliphatic carbocycles. The van der Waals surface area contributed by atoms with Gasteiger partial charge in [-0.3, -0.25) is 0 Å². The van der Waals surface area contributed by atoms with Gasteiger partial charge in [0.2, 0.25) is 0 Å². The van der Waals surface area contributed by atoms with Gasteiger partial charge in [-0.1, -0.05) is 17.3 Å². The molecule has 1 saturated heterocycles. The summed E-state index contributed by atoms with van der Waals surface area (Å²) < 4.78 is 5.06. The van der Waals surface area contributed by atoms with E-state index in [4.69, 9.17) is 4.52 Å². The molecule has 122 valence electrons. The van der Waals surface area contributed by atoms with Crippen molar-refractivity contribution in [3.05, 3.63) is 41.0 Å². The molecule has 0 unspecified atom stereocenters. The number of carbonyl (C=O) groups excluding carboxylic acids is 1. The average molecular weight is 316 g/mol. The van der Waals surface area contributed by atoms with Crippen LogP contribution in [0.3, 0.4) is 0 Å². The highest BCUT2D eigenvalue weighted by molar-refractivity contribution is 5.90. The van der Waals surface area contributed by atoms with E-state index in [9.17, 15) is 9.90 Å². The molecule has 1 aliphatic rings. The summed E-state index contributed by atoms with van der Waals surface area (Å²) in [5, 5.41) is 17.2. The summed E-state index contributed by atoms with van der Waals surface area (Å²) in [6.07, 6.45) is 0.370. The molecular weight excluding hydrogens is 296 g/mol. The zero-order chi connectivity index (χ0) is 16.6. The molecule has 3 rings (SSSR count). The molecule has 2 amide bonds. The van der Waals surface area contributed by atoms with Gasteiger partial charge in [-0.15, -0.1) is 0 Å². The maximum Gasteiger partial charge on any atom is 0.321 e. The molecule has 1 aromatic carbocycles. The van der Waals surface area contributed by atoms with E-state index in [0.29, 0.717) is 18.8 Å². The van der Waals surface area contributed by atoms with Crippen LogP contribution >= 0.6 is 0 Å². The Morgan fingerprint density at radius 3 is 2.87 bits per heavy atom. The lowest BCUT2D eigenvalue weighted by atomic mass is 10.0. The maximum atomic E-state index is 12.4. The highest BCUT2D eigenvalue weighted by atomic mass is 16.5. The first-order valence-electron chi connectivity index (χ1n) is 7.54. The highest BCUT2D eigenvalue weighted by Crippen LogP contribution is 2.31. The first-order valence-corrected chi connectivity index (χ1v) is 7.54. The number of aliphatic hydroxyl groups is 1. The van der Waals surface area contributed by atoms with Crippen LogP contribution in [-0.4, -0.2) is 39.3 Å². The van der Waals surface area contributed by atoms with E-state index < -0.39 is 5.60 Å². The van der Waals surface area contributed by atoms with Crippen LogP contribution in [0.15, 0.2) is 22.7 Å². The Morgan fingerprint density at radius 1 is 1.39 bits per heavy atom. The Labute approximate surface area is 134 Å². The van der Waals surface area contributed by atoms with Crippen LogP contribution in [0.4, 0.5) is 10.5 Å². The molecule has 2 N–H and O–H groups in total. The van der Waals surface area contributed by atoms with Crippen molar-refractivity contribution < 1.29 is 14.4 Å². The summed E-state index contributed by atoms with van der Waals surface area (Å²) in [7, 11) is 0. The fraction of sp³-hybridized carbons (Fsp3) is 0.438. The second-order valence-electron chi connectivity index (χ2n) is 6.03. The van der Waals surface area contributed by atoms with E-state index in [1.54, 1.807) is 11.8 Å². The summed E-state index contributed by atoms with van der Waals surface area (Å²) in [6.45, 7) is 6.21. The first-order chi connectivity index (χ1) is 10.9. The number of rotatable bonds is 2. The minimum Gasteiger partial charge on any atom is -0.378 e. The number of nitrogens with zero attached hydrogens (tertiary/aromatic N) is 3. The van der Waals surface area contributed by atoms with Crippen LogP contribution in [-0.2, 0) is 5.60 Å². The SMILES string of the molecule is Cc1noc([C@@]2(O)CCN(C(=O)Nc3cccc(C)c3C)C2)n1. The van der Waals surface area contributed by atoms with Gasteiger partial charge >= 0.3 is 6.03 Å². The topological polar surface area (TPSA) is 91.5 Å². The van der Waals surface area contributed by atoms with Crippen LogP contribution in [0.1, 0.15) is 29.3 Å². The third kappa shape index (κ3) is 2.92. The number of likely N-dealkylation sites (tertiary alicyclic amines) is 1. The lowest BCUT2D eigenvalue weighted by Gasteiger charge is -2.21. The fourth-order valence-corrected chi connectivity index (χ4v) is 2.71. The van der Waals surface area contributed by atoms with Crippen molar-refractivity contribution in [3.63, 3.8) is 0 Å². The van der Waals surface area contributed by atoms with Gasteiger partial charge in [-0.2, -0.15) is 4.98 Å². The van der Waals surface area contributed by atoms with Crippen LogP contribution in [0.2, 0.25) is 0 Å². The molecule has 0 saturated carbocycles. The third-order valence-electron chi connectivity index (χ3n) is 4.31. The summed E-state index contributed by atoms with van der Waals surface area (Å²) in [5.41, 5.74) is 1.64. The number of aromatic nitrogens is 2. The summed E-state index contributed by atoms with van der Waals surface area (Å²) in [5.74, 6) is 0.628. The van der Waals surface area contributed by atoms with Crippen molar-refractivity contribution in [2.24, 2.45) is 0 Å². The van der Waals surface area contributed by atoms with Gasteiger partial charge in [0.1, 0.15) is 0 Å². The lowest BCUT2D eigenvalue weighted by Crippen LogP contribution is -2.37. The second-order valence-corrected chi connectivity index (χ2v) is 6.03. The Hall–Kier alpha value is -2.41. The summed E-state index contributed by atoms with van der Waals surface area (Å²) >= 11 is 0. The highest BCUT2D eigenvalue weighted by Gasteiger charge is 2.44. The van der Waals surface area contributed by atoms with Crippen molar-refractivity contribution in [2.45, 2.75) is 32.8 Å². The third-order valence-corrected chi connectivity index (χ3v) is 4.31. The Morgan fingerprint density at radius 2 is 2.17 bits per heavy atom. The Balaban J connectivity index is 1.71. The van der Waals surface area contributed by atoms with E-state index in [0.717, 1.165) is 16.8 Å². The number of amides is 2. The number of anilines is 1. The number of β-amino-alcohol motifs (C(OH)–C–C–N with tert-alkyl or cyclic N) is 1. The predicted molar refractivity (Wildman–Crippen MR) is 84.1 cm³/mol. The summed E-state index contributed by atoms with van der Waals surface area (Å²) in [6, 6.07) is 5.52. The number of aryl methyl sites for hydroxylation is 2. The average Bonchev–Trinajstić information content (AvgIpc) is 3.11. The van der Waals surface area contributed by atoms with Gasteiger partial charge in [0, 0.05) is 18.7 Å². The lowest BCUT2D eigenvalue weighted by molar-refractivity contribution is 0.0171. The van der Waals surface area contributed by atoms with Gasteiger partial charge in [-0.05, 0) is 38.0 Å². The standard InChI is InChI=1S/C16H20N4O3/c1-10-5-4-6-13(11(10)2)18-15(21)20-8-7-16(22,9-20)14-17-12(3)19-23-14/h4-6,22H,7-9H2,1-3H3,(H,18,21)/t16-/m1/s1. The Kier molecular flexibility index (Phi) is 3.81. The van der Waals surface area contributed by atoms with Crippen LogP contribution < -0.4 is 5.32 Å². The summed E-state index contributed by atoms with van der Waals surface area (Å²) in [4.78, 5) is 18.1. The van der Waals surface area contributed by atoms with Crippen LogP contribution in [0.25, 0.3) is 0 Å². The molecule has 0 spiro atoms. The minimum absolute atomic E-state index is 0.130. The van der Waals surface area contributed by atoms with E-state index in [1.165, 1.54) is 0 Å². The van der Waals surface area contributed by atoms with Crippen LogP contribution in [0, 0.1) is 20.8 Å². The van der Waals surface area contributed by atoms with Gasteiger partial charge in [-0.25, -0.2) is 4.79 Å². The Bertz CT molecular complexity index is 743. The first kappa shape index (κ1) is 15.5. The second kappa shape index (κ2) is 5.66. The van der Waals surface area contributed by atoms with Crippen molar-refractivity contribution >= 4 is 11.7 Å². The molecule has 1 atom stereocenters. The van der Waals surface area contributed by atoms with Crippen LogP contribution in [0.5, 0.6) is 0 Å². The molecule has 1 aromatic heterocycles. The smallest absolute Gasteiger partial charge is 0.321 e. The molecule has 2 aromatic rings. The molecule has 23 heavy (non-hydrogen) atoms. The van der Waals surface area contributed by atoms with E-state index in [-0.39, 0.29) is 18.5 Å². The zero-order valence-electron chi connectivity index (χ0n) is 13.5. The van der Waals surface area contributed by atoms with E-state index in [2.05, 4.69) is 15.5 Å². The van der Waals surface area contributed by atoms with E-state index >= 15 is 0 Å². The van der Waals surface area contributed by atoms with Crippen molar-refractivity contribution in [2.75, 3.05) is 18.4 Å². The van der Waals surface area contributed by atoms with Crippen molar-refractivity contribution in [3.8, 4) is 0 Å². The molecule has 2 heterocycles. The van der Waals surface area contributed by atoms with Gasteiger partial charge < -0.3 is 19.8 Å². The predicted octanol–water partition coefficient (Wildman–Crippen LogP) is 2.12. The number of urea groups is 1. The normalized spacial score (nSPS) is 20.8. The number of carbonyl (C=O) groups is 1. The van der Waals surface area contributed by atoms with Gasteiger partial charge in [0.15, 0.2) is 11.4 Å². The van der Waals surface area contributed by atoms with E-state index in [1.807, 2.05) is 32.0 Å². The fourth-order valence-electron chi connectivity index (χ4n) is 2.71. The largest absolute Gasteiger partial charge is 0.378 e. The molecular formula is C16H20N4O3. The molecule has 7 heteroatoms. The maximum absolute atomic E-state index is 12.4. The minimum atomic E-state index is -1.28. The number of nitrogens with one attached hydrogen (secondary N) is 1. The molecule has 0 radical (unpaired) electrons. The van der Waals surface area contributed by atoms with Gasteiger partial charge in [0.05, 0.1) is 6.54 Å². The zero-order valence-corrected chi connectivity index (χ0v) is 13.5.